The number of amidine groups is 2. The van der Waals surface area contributed by atoms with Gasteiger partial charge in [0, 0.05) is 54.7 Å². The average molecular weight is 561 g/mol. The number of fused-ring (bicyclic) bond motifs is 7. The van der Waals surface area contributed by atoms with E-state index in [0.717, 1.165) is 50.5 Å². The van der Waals surface area contributed by atoms with Gasteiger partial charge in [-0.05, 0) is 47.4 Å². The Kier molecular flexibility index (Phi) is 5.19. The van der Waals surface area contributed by atoms with Crippen molar-refractivity contribution in [2.24, 2.45) is 9.98 Å². The minimum atomic E-state index is -0.262. The largest absolute Gasteiger partial charge is 0.485 e. The molecule has 6 heteroatoms. The van der Waals surface area contributed by atoms with Crippen LogP contribution in [0.5, 0.6) is 5.75 Å². The molecule has 1 N–H and O–H groups in total. The predicted molar refractivity (Wildman–Crippen MR) is 172 cm³/mol. The van der Waals surface area contributed by atoms with E-state index in [2.05, 4.69) is 113 Å². The predicted octanol–water partition coefficient (Wildman–Crippen LogP) is 8.09. The van der Waals surface area contributed by atoms with Crippen molar-refractivity contribution in [3.63, 3.8) is 0 Å². The Bertz CT molecular complexity index is 2180. The number of hydrogen-bond donors (Lipinski definition) is 1. The van der Waals surface area contributed by atoms with Crippen LogP contribution in [0.2, 0.25) is 0 Å². The molecule has 5 nitrogen and oxygen atoms in total. The number of aliphatic imine (C=N–C) groups is 2. The first-order valence-corrected chi connectivity index (χ1v) is 14.9. The lowest BCUT2D eigenvalue weighted by Crippen LogP contribution is -2.35. The molecule has 0 saturated carbocycles. The van der Waals surface area contributed by atoms with Crippen LogP contribution in [0.25, 0.3) is 30.9 Å². The average Bonchev–Trinajstić information content (AvgIpc) is 3.61. The number of pyridine rings is 1. The van der Waals surface area contributed by atoms with Gasteiger partial charge in [0.25, 0.3) is 0 Å². The molecular formula is C36H24N4OS. The second-order valence-electron chi connectivity index (χ2n) is 10.9. The fourth-order valence-electron chi connectivity index (χ4n) is 6.35. The Morgan fingerprint density at radius 1 is 0.810 bits per heavy atom. The van der Waals surface area contributed by atoms with Crippen molar-refractivity contribution in [1.29, 1.82) is 0 Å². The van der Waals surface area contributed by atoms with Crippen molar-refractivity contribution in [2.45, 2.75) is 18.2 Å². The van der Waals surface area contributed by atoms with Crippen LogP contribution >= 0.6 is 11.3 Å². The van der Waals surface area contributed by atoms with Gasteiger partial charge in [0.2, 0.25) is 0 Å². The number of benzene rings is 4. The molecule has 9 rings (SSSR count). The van der Waals surface area contributed by atoms with Crippen molar-refractivity contribution in [3.05, 3.63) is 144 Å². The number of ether oxygens (including phenoxy) is 1. The summed E-state index contributed by atoms with van der Waals surface area (Å²) in [7, 11) is 0. The third-order valence-corrected chi connectivity index (χ3v) is 9.51. The van der Waals surface area contributed by atoms with Crippen LogP contribution in [0.1, 0.15) is 28.8 Å². The topological polar surface area (TPSA) is 58.9 Å². The van der Waals surface area contributed by atoms with Gasteiger partial charge >= 0.3 is 0 Å². The van der Waals surface area contributed by atoms with E-state index in [1.807, 2.05) is 29.8 Å². The molecule has 2 aromatic heterocycles. The van der Waals surface area contributed by atoms with E-state index in [1.54, 1.807) is 0 Å². The van der Waals surface area contributed by atoms with Crippen LogP contribution in [0.15, 0.2) is 137 Å². The van der Waals surface area contributed by atoms with Gasteiger partial charge in [0.1, 0.15) is 23.9 Å². The molecule has 3 atom stereocenters. The van der Waals surface area contributed by atoms with Crippen LogP contribution in [0.4, 0.5) is 0 Å². The molecular weight excluding hydrogens is 536 g/mol. The van der Waals surface area contributed by atoms with E-state index < -0.39 is 0 Å². The summed E-state index contributed by atoms with van der Waals surface area (Å²) in [6.07, 6.45) is 9.72. The van der Waals surface area contributed by atoms with Gasteiger partial charge in [0.05, 0.1) is 5.92 Å². The van der Waals surface area contributed by atoms with Crippen molar-refractivity contribution in [1.82, 2.24) is 10.3 Å². The molecule has 4 aromatic carbocycles. The molecule has 0 saturated heterocycles. The number of allylic oxidation sites excluding steroid dienone is 2. The van der Waals surface area contributed by atoms with Gasteiger partial charge in [-0.25, -0.2) is 9.98 Å². The van der Waals surface area contributed by atoms with E-state index in [4.69, 9.17) is 14.7 Å². The molecule has 3 unspecified atom stereocenters. The first-order chi connectivity index (χ1) is 20.8. The normalized spacial score (nSPS) is 20.9. The monoisotopic (exact) mass is 560 g/mol. The number of aromatic nitrogens is 1. The number of nitrogens with zero attached hydrogens (tertiary/aromatic N) is 3. The van der Waals surface area contributed by atoms with Gasteiger partial charge in [0.15, 0.2) is 5.84 Å². The number of nitrogens with one attached hydrogen (secondary N) is 1. The Morgan fingerprint density at radius 2 is 1.69 bits per heavy atom. The number of rotatable bonds is 3. The quantitative estimate of drug-likeness (QED) is 0.238. The van der Waals surface area contributed by atoms with E-state index in [-0.39, 0.29) is 18.2 Å². The third kappa shape index (κ3) is 3.72. The summed E-state index contributed by atoms with van der Waals surface area (Å²) >= 11 is 1.82. The molecule has 0 amide bonds. The third-order valence-electron chi connectivity index (χ3n) is 8.38. The van der Waals surface area contributed by atoms with E-state index >= 15 is 0 Å². The fourth-order valence-corrected chi connectivity index (χ4v) is 7.50. The van der Waals surface area contributed by atoms with Crippen molar-refractivity contribution < 1.29 is 4.74 Å². The lowest BCUT2D eigenvalue weighted by atomic mass is 9.83. The smallest absolute Gasteiger partial charge is 0.156 e. The molecule has 4 heterocycles. The minimum Gasteiger partial charge on any atom is -0.485 e. The Labute approximate surface area is 246 Å². The molecule has 3 aliphatic rings. The van der Waals surface area contributed by atoms with Crippen molar-refractivity contribution in [2.75, 3.05) is 0 Å². The first kappa shape index (κ1) is 23.6. The molecule has 6 aromatic rings. The Hall–Kier alpha value is -5.07. The summed E-state index contributed by atoms with van der Waals surface area (Å²) in [6, 6.07) is 32.0. The van der Waals surface area contributed by atoms with E-state index in [9.17, 15) is 0 Å². The van der Waals surface area contributed by atoms with Gasteiger partial charge in [-0.15, -0.1) is 11.3 Å². The summed E-state index contributed by atoms with van der Waals surface area (Å²) in [5, 5.41) is 8.43. The summed E-state index contributed by atoms with van der Waals surface area (Å²) in [6.45, 7) is 0. The maximum absolute atomic E-state index is 6.47. The summed E-state index contributed by atoms with van der Waals surface area (Å²) in [5.74, 6) is 2.46. The number of hydrogen-bond acceptors (Lipinski definition) is 6. The van der Waals surface area contributed by atoms with E-state index in [0.29, 0.717) is 0 Å². The molecule has 0 spiro atoms. The lowest BCUT2D eigenvalue weighted by Gasteiger charge is -2.28. The highest BCUT2D eigenvalue weighted by Gasteiger charge is 2.39. The van der Waals surface area contributed by atoms with Crippen LogP contribution in [-0.2, 0) is 0 Å². The van der Waals surface area contributed by atoms with Gasteiger partial charge in [-0.3, -0.25) is 4.98 Å². The van der Waals surface area contributed by atoms with Crippen LogP contribution in [0, 0.1) is 0 Å². The highest BCUT2D eigenvalue weighted by atomic mass is 32.1. The molecule has 0 radical (unpaired) electrons. The van der Waals surface area contributed by atoms with Gasteiger partial charge in [-0.1, -0.05) is 72.8 Å². The zero-order chi connectivity index (χ0) is 27.6. The standard InChI is InChI=1S/C36H24N4OS/c1-2-7-21(8-3-1)34-38-35(23-13-14-26-25-9-4-5-12-31(25)42-32(26)19-23)40-36(39-34)27-10-6-11-29-33(27)28-17-22-15-16-37-20-24(22)18-30(28)41-29/h1-20,29,33-34H,(H,38,39,40). The zero-order valence-electron chi connectivity index (χ0n) is 22.4. The van der Waals surface area contributed by atoms with Gasteiger partial charge < -0.3 is 10.1 Å². The Morgan fingerprint density at radius 3 is 2.64 bits per heavy atom. The van der Waals surface area contributed by atoms with Gasteiger partial charge in [-0.2, -0.15) is 0 Å². The highest BCUT2D eigenvalue weighted by molar-refractivity contribution is 7.25. The lowest BCUT2D eigenvalue weighted by molar-refractivity contribution is 0.267. The summed E-state index contributed by atoms with van der Waals surface area (Å²) in [4.78, 5) is 14.7. The fraction of sp³-hybridized carbons (Fsp3) is 0.0833. The zero-order valence-corrected chi connectivity index (χ0v) is 23.3. The highest BCUT2D eigenvalue weighted by Crippen LogP contribution is 2.47. The molecule has 42 heavy (non-hydrogen) atoms. The van der Waals surface area contributed by atoms with Crippen molar-refractivity contribution >= 4 is 54.0 Å². The van der Waals surface area contributed by atoms with Crippen LogP contribution in [0.3, 0.4) is 0 Å². The van der Waals surface area contributed by atoms with Crippen LogP contribution < -0.4 is 10.1 Å². The maximum Gasteiger partial charge on any atom is 0.156 e. The Balaban J connectivity index is 1.18. The summed E-state index contributed by atoms with van der Waals surface area (Å²) < 4.78 is 9.01. The molecule has 2 aliphatic heterocycles. The maximum atomic E-state index is 6.47. The molecule has 0 fully saturated rings. The second kappa shape index (κ2) is 9.23. The first-order valence-electron chi connectivity index (χ1n) is 14.1. The number of thiophene rings is 1. The molecule has 0 bridgehead atoms. The minimum absolute atomic E-state index is 0.00548. The molecule has 1 aliphatic carbocycles. The van der Waals surface area contributed by atoms with E-state index in [1.165, 1.54) is 20.2 Å². The van der Waals surface area contributed by atoms with Crippen LogP contribution in [-0.4, -0.2) is 22.8 Å². The summed E-state index contributed by atoms with van der Waals surface area (Å²) in [5.41, 5.74) is 4.37. The molecule has 200 valence electrons. The SMILES string of the molecule is C1=CC2Oc3cc4cnccc4cc3C2C(C2=NC(c3ccccc3)NC(c3ccc4c(c3)sc3ccccc34)=N2)=C1. The van der Waals surface area contributed by atoms with Crippen molar-refractivity contribution in [3.8, 4) is 5.75 Å². The second-order valence-corrected chi connectivity index (χ2v) is 11.9.